The molecule has 13 heavy (non-hydrogen) atoms. The zero-order valence-corrected chi connectivity index (χ0v) is 8.40. The van der Waals surface area contributed by atoms with E-state index in [1.165, 1.54) is 6.07 Å². The van der Waals surface area contributed by atoms with Gasteiger partial charge in [-0.3, -0.25) is 0 Å². The number of aromatic carboxylic acids is 1. The summed E-state index contributed by atoms with van der Waals surface area (Å²) in [6, 6.07) is 1.50. The van der Waals surface area contributed by atoms with E-state index in [-0.39, 0.29) is 5.69 Å². The van der Waals surface area contributed by atoms with Crippen LogP contribution in [-0.2, 0) is 6.54 Å². The molecular formula is C8H9AlN2O2. The lowest BCUT2D eigenvalue weighted by Crippen LogP contribution is -2.20. The normalized spacial score (nSPS) is 10.0. The van der Waals surface area contributed by atoms with E-state index in [0.29, 0.717) is 12.2 Å². The largest absolute Gasteiger partial charge is 0.477 e. The summed E-state index contributed by atoms with van der Waals surface area (Å²) >= 11 is 2.46. The lowest BCUT2D eigenvalue weighted by molar-refractivity contribution is 0.0690. The van der Waals surface area contributed by atoms with Gasteiger partial charge < -0.3 is 10.8 Å². The molecule has 0 aliphatic heterocycles. The van der Waals surface area contributed by atoms with E-state index in [0.717, 1.165) is 9.99 Å². The molecule has 1 aromatic rings. The quantitative estimate of drug-likeness (QED) is 0.610. The van der Waals surface area contributed by atoms with Gasteiger partial charge in [0.15, 0.2) is 16.3 Å². The van der Waals surface area contributed by atoms with E-state index >= 15 is 0 Å². The van der Waals surface area contributed by atoms with Gasteiger partial charge in [-0.1, -0.05) is 0 Å². The second kappa shape index (κ2) is 3.88. The van der Waals surface area contributed by atoms with Gasteiger partial charge in [-0.15, -0.1) is 4.43 Å². The molecule has 0 unspecified atom stereocenters. The molecule has 0 saturated carbocycles. The number of aromatic nitrogens is 1. The Bertz CT molecular complexity index is 329. The lowest BCUT2D eigenvalue weighted by atomic mass is 10.2. The van der Waals surface area contributed by atoms with Gasteiger partial charge in [0.1, 0.15) is 5.69 Å². The molecule has 0 amide bonds. The maximum absolute atomic E-state index is 10.6. The highest BCUT2D eigenvalue weighted by atomic mass is 27.0. The fourth-order valence-corrected chi connectivity index (χ4v) is 1.58. The van der Waals surface area contributed by atoms with E-state index in [2.05, 4.69) is 21.3 Å². The molecule has 0 fully saturated rings. The molecule has 0 aromatic carbocycles. The summed E-state index contributed by atoms with van der Waals surface area (Å²) in [4.78, 5) is 14.5. The Balaban J connectivity index is 3.28. The molecule has 0 spiro atoms. The number of carboxylic acids is 1. The van der Waals surface area contributed by atoms with Crippen molar-refractivity contribution in [2.75, 3.05) is 0 Å². The maximum atomic E-state index is 10.6. The van der Waals surface area contributed by atoms with Gasteiger partial charge in [0.05, 0.1) is 0 Å². The third kappa shape index (κ3) is 2.07. The minimum absolute atomic E-state index is 0.0553. The number of carbonyl (C=O) groups is 1. The second-order valence-electron chi connectivity index (χ2n) is 2.67. The van der Waals surface area contributed by atoms with Crippen LogP contribution in [0, 0.1) is 6.92 Å². The van der Waals surface area contributed by atoms with Crippen molar-refractivity contribution in [3.8, 4) is 0 Å². The average molecular weight is 192 g/mol. The lowest BCUT2D eigenvalue weighted by Gasteiger charge is -2.08. The van der Waals surface area contributed by atoms with E-state index in [4.69, 9.17) is 10.8 Å². The predicted molar refractivity (Wildman–Crippen MR) is 49.2 cm³/mol. The maximum Gasteiger partial charge on any atom is 0.354 e. The van der Waals surface area contributed by atoms with Crippen molar-refractivity contribution in [1.82, 2.24) is 4.98 Å². The second-order valence-corrected chi connectivity index (χ2v) is 3.29. The fourth-order valence-electron chi connectivity index (χ4n) is 1.10. The van der Waals surface area contributed by atoms with Gasteiger partial charge in [-0.05, 0) is 18.6 Å². The molecule has 0 bridgehead atoms. The molecule has 0 aliphatic rings. The molecule has 1 heterocycles. The van der Waals surface area contributed by atoms with Gasteiger partial charge in [-0.2, -0.15) is 0 Å². The number of hydrogen-bond acceptors (Lipinski definition) is 3. The summed E-state index contributed by atoms with van der Waals surface area (Å²) in [6.45, 7) is 2.12. The molecule has 3 N–H and O–H groups in total. The Morgan fingerprint density at radius 3 is 2.77 bits per heavy atom. The van der Waals surface area contributed by atoms with Gasteiger partial charge >= 0.3 is 5.97 Å². The minimum atomic E-state index is -1.02. The third-order valence-corrected chi connectivity index (χ3v) is 2.30. The van der Waals surface area contributed by atoms with Gasteiger partial charge in [0.25, 0.3) is 0 Å². The highest BCUT2D eigenvalue weighted by molar-refractivity contribution is 6.33. The van der Waals surface area contributed by atoms with Crippen molar-refractivity contribution < 1.29 is 9.90 Å². The van der Waals surface area contributed by atoms with E-state index in [1.54, 1.807) is 6.92 Å². The van der Waals surface area contributed by atoms with Crippen LogP contribution in [0.1, 0.15) is 21.7 Å². The van der Waals surface area contributed by atoms with Crippen molar-refractivity contribution in [1.29, 1.82) is 0 Å². The molecule has 4 nitrogen and oxygen atoms in total. The highest BCUT2D eigenvalue weighted by Crippen LogP contribution is 2.02. The van der Waals surface area contributed by atoms with Gasteiger partial charge in [0, 0.05) is 12.2 Å². The summed E-state index contributed by atoms with van der Waals surface area (Å²) in [6.07, 6.45) is 0. The summed E-state index contributed by atoms with van der Waals surface area (Å²) in [7, 11) is 0. The SMILES string of the molecule is Cc1nc(C(=O)O)c[c]([Al])c1CN. The molecule has 0 saturated heterocycles. The molecule has 0 aliphatic carbocycles. The smallest absolute Gasteiger partial charge is 0.354 e. The highest BCUT2D eigenvalue weighted by Gasteiger charge is 2.08. The summed E-state index contributed by atoms with van der Waals surface area (Å²) < 4.78 is 0.799. The third-order valence-electron chi connectivity index (χ3n) is 1.79. The van der Waals surface area contributed by atoms with Crippen LogP contribution >= 0.6 is 0 Å². The number of hydrogen-bond donors (Lipinski definition) is 2. The van der Waals surface area contributed by atoms with Gasteiger partial charge in [-0.25, -0.2) is 9.78 Å². The molecule has 5 heteroatoms. The number of aryl methyl sites for hydroxylation is 1. The molecular weight excluding hydrogens is 183 g/mol. The van der Waals surface area contributed by atoms with Crippen molar-refractivity contribution in [2.24, 2.45) is 5.73 Å². The van der Waals surface area contributed by atoms with Crippen molar-refractivity contribution in [3.05, 3.63) is 23.0 Å². The van der Waals surface area contributed by atoms with E-state index in [1.807, 2.05) is 0 Å². The molecule has 2 radical (unpaired) electrons. The van der Waals surface area contributed by atoms with Crippen molar-refractivity contribution in [2.45, 2.75) is 13.5 Å². The Morgan fingerprint density at radius 1 is 1.77 bits per heavy atom. The van der Waals surface area contributed by atoms with Crippen LogP contribution < -0.4 is 10.2 Å². The minimum Gasteiger partial charge on any atom is -0.477 e. The first kappa shape index (κ1) is 10.2. The Morgan fingerprint density at radius 2 is 2.38 bits per heavy atom. The molecule has 1 aromatic heterocycles. The molecule has 0 atom stereocenters. The van der Waals surface area contributed by atoms with Crippen LogP contribution in [0.15, 0.2) is 6.07 Å². The van der Waals surface area contributed by atoms with Crippen LogP contribution in [0.5, 0.6) is 0 Å². The van der Waals surface area contributed by atoms with Crippen LogP contribution in [-0.4, -0.2) is 32.4 Å². The van der Waals surface area contributed by atoms with Crippen LogP contribution in [0.3, 0.4) is 0 Å². The fraction of sp³-hybridized carbons (Fsp3) is 0.250. The molecule has 66 valence electrons. The number of carboxylic acid groups (broad SMARTS) is 1. The van der Waals surface area contributed by atoms with Gasteiger partial charge in [0.2, 0.25) is 0 Å². The van der Waals surface area contributed by atoms with E-state index < -0.39 is 5.97 Å². The first-order valence-corrected chi connectivity index (χ1v) is 4.33. The first-order valence-electron chi connectivity index (χ1n) is 3.75. The number of pyridine rings is 1. The van der Waals surface area contributed by atoms with Crippen LogP contribution in [0.25, 0.3) is 0 Å². The first-order chi connectivity index (χ1) is 6.06. The number of nitrogens with zero attached hydrogens (tertiary/aromatic N) is 1. The van der Waals surface area contributed by atoms with Crippen molar-refractivity contribution in [3.63, 3.8) is 0 Å². The summed E-state index contributed by atoms with van der Waals surface area (Å²) in [5.74, 6) is -1.02. The van der Waals surface area contributed by atoms with E-state index in [9.17, 15) is 4.79 Å². The Kier molecular flexibility index (Phi) is 3.04. The summed E-state index contributed by atoms with van der Waals surface area (Å²) in [5, 5.41) is 8.69. The average Bonchev–Trinajstić information content (AvgIpc) is 2.03. The monoisotopic (exact) mass is 192 g/mol. The predicted octanol–water partition coefficient (Wildman–Crippen LogP) is -0.659. The Hall–Kier alpha value is -0.888. The van der Waals surface area contributed by atoms with Crippen LogP contribution in [0.2, 0.25) is 0 Å². The Labute approximate surface area is 84.2 Å². The number of nitrogens with two attached hydrogens (primary N) is 1. The summed E-state index contributed by atoms with van der Waals surface area (Å²) in [5.41, 5.74) is 7.09. The zero-order chi connectivity index (χ0) is 10.0. The zero-order valence-electron chi connectivity index (χ0n) is 7.24. The number of rotatable bonds is 2. The van der Waals surface area contributed by atoms with Crippen LogP contribution in [0.4, 0.5) is 0 Å². The standard InChI is InChI=1S/C8H9N2O2.Al/c1-5-6(4-9)2-3-7(10-5)8(11)12;/h3H,4,9H2,1H3,(H,11,12);. The topological polar surface area (TPSA) is 76.2 Å². The molecule has 1 rings (SSSR count). The van der Waals surface area contributed by atoms with Crippen molar-refractivity contribution >= 4 is 26.7 Å².